The Morgan fingerprint density at radius 2 is 1.79 bits per heavy atom. The van der Waals surface area contributed by atoms with Crippen LogP contribution >= 0.6 is 11.3 Å². The normalized spacial score (nSPS) is 10.3. The standard InChI is InChI=1S/C21H21N3O3S/c25-20(22-11-10-16-6-2-1-3-7-16)12-23-21(26)18-8-4-5-9-19(18)27-13-17-14-28-15-24-17/h1-9,14-15H,10-13H2,(H,22,25)(H,23,26). The molecule has 2 N–H and O–H groups in total. The summed E-state index contributed by atoms with van der Waals surface area (Å²) in [5, 5.41) is 7.33. The molecule has 2 aromatic carbocycles. The van der Waals surface area contributed by atoms with Gasteiger partial charge in [0, 0.05) is 11.9 Å². The smallest absolute Gasteiger partial charge is 0.255 e. The van der Waals surface area contributed by atoms with E-state index in [9.17, 15) is 9.59 Å². The van der Waals surface area contributed by atoms with Crippen molar-refractivity contribution in [2.24, 2.45) is 0 Å². The predicted octanol–water partition coefficient (Wildman–Crippen LogP) is 2.81. The third kappa shape index (κ3) is 5.92. The lowest BCUT2D eigenvalue weighted by atomic mass is 10.1. The Kier molecular flexibility index (Phi) is 7.14. The van der Waals surface area contributed by atoms with E-state index in [0.29, 0.717) is 17.9 Å². The van der Waals surface area contributed by atoms with Crippen LogP contribution in [0.2, 0.25) is 0 Å². The van der Waals surface area contributed by atoms with E-state index in [1.165, 1.54) is 11.3 Å². The largest absolute Gasteiger partial charge is 0.486 e. The van der Waals surface area contributed by atoms with Crippen LogP contribution in [0.15, 0.2) is 65.5 Å². The zero-order valence-corrected chi connectivity index (χ0v) is 16.1. The lowest BCUT2D eigenvalue weighted by Crippen LogP contribution is -2.37. The van der Waals surface area contributed by atoms with E-state index < -0.39 is 0 Å². The van der Waals surface area contributed by atoms with Crippen LogP contribution in [0, 0.1) is 0 Å². The van der Waals surface area contributed by atoms with Crippen molar-refractivity contribution in [2.45, 2.75) is 13.0 Å². The number of benzene rings is 2. The predicted molar refractivity (Wildman–Crippen MR) is 108 cm³/mol. The zero-order valence-electron chi connectivity index (χ0n) is 15.3. The molecule has 0 fully saturated rings. The fourth-order valence-electron chi connectivity index (χ4n) is 2.55. The molecule has 3 rings (SSSR count). The van der Waals surface area contributed by atoms with E-state index in [4.69, 9.17) is 4.74 Å². The van der Waals surface area contributed by atoms with Gasteiger partial charge < -0.3 is 15.4 Å². The maximum Gasteiger partial charge on any atom is 0.255 e. The Balaban J connectivity index is 1.45. The highest BCUT2D eigenvalue weighted by atomic mass is 32.1. The first-order valence-electron chi connectivity index (χ1n) is 8.90. The summed E-state index contributed by atoms with van der Waals surface area (Å²) in [6.45, 7) is 0.716. The summed E-state index contributed by atoms with van der Waals surface area (Å²) in [7, 11) is 0. The summed E-state index contributed by atoms with van der Waals surface area (Å²) in [5.74, 6) is -0.130. The van der Waals surface area contributed by atoms with Crippen molar-refractivity contribution in [1.29, 1.82) is 0 Å². The number of rotatable bonds is 9. The summed E-state index contributed by atoms with van der Waals surface area (Å²) in [4.78, 5) is 28.6. The molecule has 0 saturated heterocycles. The van der Waals surface area contributed by atoms with Crippen LogP contribution in [-0.4, -0.2) is 29.9 Å². The first-order valence-corrected chi connectivity index (χ1v) is 9.84. The number of hydrogen-bond acceptors (Lipinski definition) is 5. The second-order valence-corrected chi connectivity index (χ2v) is 6.75. The molecule has 0 atom stereocenters. The molecule has 0 aliphatic carbocycles. The van der Waals surface area contributed by atoms with Gasteiger partial charge in [0.05, 0.1) is 23.3 Å². The van der Waals surface area contributed by atoms with E-state index in [2.05, 4.69) is 15.6 Å². The number of nitrogens with zero attached hydrogens (tertiary/aromatic N) is 1. The van der Waals surface area contributed by atoms with Gasteiger partial charge in [-0.15, -0.1) is 11.3 Å². The highest BCUT2D eigenvalue weighted by Gasteiger charge is 2.13. The second kappa shape index (κ2) is 10.2. The maximum absolute atomic E-state index is 12.4. The van der Waals surface area contributed by atoms with Gasteiger partial charge in [-0.25, -0.2) is 4.98 Å². The van der Waals surface area contributed by atoms with Gasteiger partial charge in [0.1, 0.15) is 12.4 Å². The summed E-state index contributed by atoms with van der Waals surface area (Å²) in [6, 6.07) is 16.8. The van der Waals surface area contributed by atoms with Gasteiger partial charge in [-0.05, 0) is 24.1 Å². The van der Waals surface area contributed by atoms with Crippen molar-refractivity contribution in [3.05, 3.63) is 82.3 Å². The van der Waals surface area contributed by atoms with E-state index in [-0.39, 0.29) is 25.0 Å². The first kappa shape index (κ1) is 19.6. The number of amides is 2. The number of nitrogens with one attached hydrogen (secondary N) is 2. The van der Waals surface area contributed by atoms with E-state index >= 15 is 0 Å². The molecule has 0 saturated carbocycles. The summed E-state index contributed by atoms with van der Waals surface area (Å²) in [5.41, 5.74) is 4.07. The van der Waals surface area contributed by atoms with Crippen molar-refractivity contribution in [3.8, 4) is 5.75 Å². The molecular weight excluding hydrogens is 374 g/mol. The SMILES string of the molecule is O=C(CNC(=O)c1ccccc1OCc1cscn1)NCCc1ccccc1. The molecule has 0 spiro atoms. The number of thiazole rings is 1. The van der Waals surface area contributed by atoms with E-state index in [1.54, 1.807) is 29.8 Å². The molecule has 144 valence electrons. The molecule has 0 bridgehead atoms. The molecular formula is C21H21N3O3S. The molecule has 28 heavy (non-hydrogen) atoms. The average Bonchev–Trinajstić information content (AvgIpc) is 3.25. The molecule has 2 amide bonds. The molecule has 1 heterocycles. The van der Waals surface area contributed by atoms with Gasteiger partial charge in [-0.2, -0.15) is 0 Å². The van der Waals surface area contributed by atoms with Crippen LogP contribution in [-0.2, 0) is 17.8 Å². The van der Waals surface area contributed by atoms with Crippen molar-refractivity contribution in [1.82, 2.24) is 15.6 Å². The molecule has 6 nitrogen and oxygen atoms in total. The van der Waals surface area contributed by atoms with Crippen LogP contribution in [0.4, 0.5) is 0 Å². The Labute approximate surface area is 167 Å². The van der Waals surface area contributed by atoms with Gasteiger partial charge in [0.15, 0.2) is 0 Å². The monoisotopic (exact) mass is 395 g/mol. The topological polar surface area (TPSA) is 80.3 Å². The van der Waals surface area contributed by atoms with Crippen LogP contribution in [0.25, 0.3) is 0 Å². The minimum Gasteiger partial charge on any atom is -0.486 e. The fraction of sp³-hybridized carbons (Fsp3) is 0.190. The fourth-order valence-corrected chi connectivity index (χ4v) is 3.09. The molecule has 1 aromatic heterocycles. The van der Waals surface area contributed by atoms with Crippen molar-refractivity contribution >= 4 is 23.2 Å². The molecule has 3 aromatic rings. The molecule has 7 heteroatoms. The molecule has 0 radical (unpaired) electrons. The van der Waals surface area contributed by atoms with Gasteiger partial charge >= 0.3 is 0 Å². The van der Waals surface area contributed by atoms with Gasteiger partial charge in [0.25, 0.3) is 5.91 Å². The highest BCUT2D eigenvalue weighted by molar-refractivity contribution is 7.07. The highest BCUT2D eigenvalue weighted by Crippen LogP contribution is 2.19. The molecule has 0 aliphatic heterocycles. The van der Waals surface area contributed by atoms with Crippen LogP contribution in [0.1, 0.15) is 21.6 Å². The number of carbonyl (C=O) groups is 2. The quantitative estimate of drug-likeness (QED) is 0.584. The Morgan fingerprint density at radius 3 is 2.57 bits per heavy atom. The first-order chi connectivity index (χ1) is 13.7. The average molecular weight is 395 g/mol. The van der Waals surface area contributed by atoms with Crippen LogP contribution < -0.4 is 15.4 Å². The van der Waals surface area contributed by atoms with Crippen molar-refractivity contribution < 1.29 is 14.3 Å². The summed E-state index contributed by atoms with van der Waals surface area (Å²) in [6.07, 6.45) is 0.744. The second-order valence-electron chi connectivity index (χ2n) is 6.03. The number of ether oxygens (including phenoxy) is 1. The summed E-state index contributed by atoms with van der Waals surface area (Å²) >= 11 is 1.49. The Morgan fingerprint density at radius 1 is 1.00 bits per heavy atom. The molecule has 0 unspecified atom stereocenters. The minimum atomic E-state index is -0.355. The number of aromatic nitrogens is 1. The van der Waals surface area contributed by atoms with Crippen LogP contribution in [0.3, 0.4) is 0 Å². The van der Waals surface area contributed by atoms with Gasteiger partial charge in [-0.3, -0.25) is 9.59 Å². The lowest BCUT2D eigenvalue weighted by Gasteiger charge is -2.11. The van der Waals surface area contributed by atoms with Gasteiger partial charge in [0.2, 0.25) is 5.91 Å². The third-order valence-electron chi connectivity index (χ3n) is 3.98. The Bertz CT molecular complexity index is 898. The van der Waals surface area contributed by atoms with Crippen molar-refractivity contribution in [3.63, 3.8) is 0 Å². The van der Waals surface area contributed by atoms with Gasteiger partial charge in [-0.1, -0.05) is 42.5 Å². The number of hydrogen-bond donors (Lipinski definition) is 2. The number of carbonyl (C=O) groups excluding carboxylic acids is 2. The molecule has 0 aliphatic rings. The van der Waals surface area contributed by atoms with Crippen molar-refractivity contribution in [2.75, 3.05) is 13.1 Å². The zero-order chi connectivity index (χ0) is 19.6. The van der Waals surface area contributed by atoms with E-state index in [1.807, 2.05) is 35.7 Å². The minimum absolute atomic E-state index is 0.0892. The summed E-state index contributed by atoms with van der Waals surface area (Å²) < 4.78 is 5.71. The van der Waals surface area contributed by atoms with E-state index in [0.717, 1.165) is 17.7 Å². The third-order valence-corrected chi connectivity index (χ3v) is 4.61. The lowest BCUT2D eigenvalue weighted by molar-refractivity contribution is -0.120. The Hall–Kier alpha value is -3.19. The number of para-hydroxylation sites is 1. The van der Waals surface area contributed by atoms with Crippen LogP contribution in [0.5, 0.6) is 5.75 Å². The maximum atomic E-state index is 12.4.